The average Bonchev–Trinajstić information content (AvgIpc) is 2.79. The summed E-state index contributed by atoms with van der Waals surface area (Å²) in [5.41, 5.74) is 3.05. The molecule has 0 spiro atoms. The maximum Gasteiger partial charge on any atom is 0.244 e. The molecule has 2 aromatic rings. The van der Waals surface area contributed by atoms with Crippen molar-refractivity contribution in [2.75, 3.05) is 46.1 Å². The summed E-state index contributed by atoms with van der Waals surface area (Å²) >= 11 is 6.05. The molecule has 3 heterocycles. The number of piperidine rings is 1. The Morgan fingerprint density at radius 1 is 1.23 bits per heavy atom. The largest absolute Gasteiger partial charge is 0.373 e. The van der Waals surface area contributed by atoms with Gasteiger partial charge in [-0.2, -0.15) is 0 Å². The number of benzene rings is 1. The van der Waals surface area contributed by atoms with Gasteiger partial charge in [0.1, 0.15) is 17.7 Å². The molecule has 8 heteroatoms. The molecule has 2 aliphatic rings. The van der Waals surface area contributed by atoms with Gasteiger partial charge in [-0.3, -0.25) is 9.69 Å². The highest BCUT2D eigenvalue weighted by molar-refractivity contribution is 6.30. The average molecular weight is 443 g/mol. The lowest BCUT2D eigenvalue weighted by Crippen LogP contribution is -2.43. The van der Waals surface area contributed by atoms with Crippen LogP contribution in [0.1, 0.15) is 47.4 Å². The molecule has 1 saturated heterocycles. The fourth-order valence-electron chi connectivity index (χ4n) is 4.59. The van der Waals surface area contributed by atoms with Gasteiger partial charge in [0.25, 0.3) is 0 Å². The Hall–Kier alpha value is -2.22. The highest BCUT2D eigenvalue weighted by atomic mass is 35.5. The molecule has 0 saturated carbocycles. The number of likely N-dealkylation sites (N-methyl/N-ethyl adjacent to an activating group) is 1. The summed E-state index contributed by atoms with van der Waals surface area (Å²) < 4.78 is 0. The van der Waals surface area contributed by atoms with Crippen LogP contribution in [0.5, 0.6) is 0 Å². The van der Waals surface area contributed by atoms with Crippen LogP contribution < -0.4 is 10.6 Å². The molecule has 4 rings (SSSR count). The zero-order chi connectivity index (χ0) is 22.0. The third-order valence-electron chi connectivity index (χ3n) is 6.27. The van der Waals surface area contributed by atoms with E-state index in [2.05, 4.69) is 10.6 Å². The van der Waals surface area contributed by atoms with Crippen molar-refractivity contribution >= 4 is 23.3 Å². The number of fused-ring (bicyclic) bond motifs is 1. The van der Waals surface area contributed by atoms with Gasteiger partial charge in [0.05, 0.1) is 12.2 Å². The molecule has 1 atom stereocenters. The fourth-order valence-corrected chi connectivity index (χ4v) is 4.71. The molecule has 7 nitrogen and oxygen atoms in total. The lowest BCUT2D eigenvalue weighted by molar-refractivity contribution is -0.137. The van der Waals surface area contributed by atoms with E-state index in [1.54, 1.807) is 0 Å². The van der Waals surface area contributed by atoms with Crippen LogP contribution >= 0.6 is 11.6 Å². The molecular weight excluding hydrogens is 412 g/mol. The van der Waals surface area contributed by atoms with Crippen molar-refractivity contribution < 1.29 is 4.79 Å². The molecule has 2 aliphatic heterocycles. The molecule has 1 unspecified atom stereocenters. The van der Waals surface area contributed by atoms with Crippen LogP contribution in [0.3, 0.4) is 0 Å². The normalized spacial score (nSPS) is 18.0. The predicted molar refractivity (Wildman–Crippen MR) is 123 cm³/mol. The van der Waals surface area contributed by atoms with E-state index in [9.17, 15) is 4.79 Å². The Labute approximate surface area is 189 Å². The first kappa shape index (κ1) is 22.0. The SMILES string of the molecule is CNc1nc(C2CCNCC2)nc2c1CCN(C(=O)C(c1ccc(Cl)cc1)N(C)C)C2. The first-order valence-electron chi connectivity index (χ1n) is 11.0. The minimum Gasteiger partial charge on any atom is -0.373 e. The number of nitrogens with one attached hydrogen (secondary N) is 2. The molecule has 0 aliphatic carbocycles. The van der Waals surface area contributed by atoms with E-state index in [0.29, 0.717) is 24.0 Å². The Morgan fingerprint density at radius 3 is 2.58 bits per heavy atom. The summed E-state index contributed by atoms with van der Waals surface area (Å²) in [5.74, 6) is 2.27. The zero-order valence-electron chi connectivity index (χ0n) is 18.5. The van der Waals surface area contributed by atoms with Crippen LogP contribution in [0.2, 0.25) is 5.02 Å². The maximum atomic E-state index is 13.6. The smallest absolute Gasteiger partial charge is 0.244 e. The Kier molecular flexibility index (Phi) is 6.74. The van der Waals surface area contributed by atoms with Crippen molar-refractivity contribution in [3.05, 3.63) is 51.9 Å². The molecule has 1 aromatic heterocycles. The first-order chi connectivity index (χ1) is 15.0. The highest BCUT2D eigenvalue weighted by Crippen LogP contribution is 2.31. The zero-order valence-corrected chi connectivity index (χ0v) is 19.2. The second-order valence-electron chi connectivity index (χ2n) is 8.56. The Morgan fingerprint density at radius 2 is 1.94 bits per heavy atom. The molecule has 2 N–H and O–H groups in total. The van der Waals surface area contributed by atoms with E-state index in [1.165, 1.54) is 0 Å². The summed E-state index contributed by atoms with van der Waals surface area (Å²) in [7, 11) is 5.78. The van der Waals surface area contributed by atoms with E-state index in [0.717, 1.165) is 60.8 Å². The molecule has 166 valence electrons. The van der Waals surface area contributed by atoms with Crippen molar-refractivity contribution in [2.24, 2.45) is 0 Å². The van der Waals surface area contributed by atoms with Gasteiger partial charge >= 0.3 is 0 Å². The summed E-state index contributed by atoms with van der Waals surface area (Å²) in [6.07, 6.45) is 2.85. The van der Waals surface area contributed by atoms with Gasteiger partial charge in [-0.15, -0.1) is 0 Å². The quantitative estimate of drug-likeness (QED) is 0.741. The highest BCUT2D eigenvalue weighted by Gasteiger charge is 2.32. The summed E-state index contributed by atoms with van der Waals surface area (Å²) in [4.78, 5) is 27.3. The number of nitrogens with zero attached hydrogens (tertiary/aromatic N) is 4. The second-order valence-corrected chi connectivity index (χ2v) is 8.99. The molecule has 1 fully saturated rings. The molecule has 0 bridgehead atoms. The molecule has 1 aromatic carbocycles. The van der Waals surface area contributed by atoms with Crippen LogP contribution in [0, 0.1) is 0 Å². The summed E-state index contributed by atoms with van der Waals surface area (Å²) in [5, 5.41) is 7.33. The minimum absolute atomic E-state index is 0.0889. The summed E-state index contributed by atoms with van der Waals surface area (Å²) in [6.45, 7) is 3.17. The van der Waals surface area contributed by atoms with E-state index >= 15 is 0 Å². The number of carbonyl (C=O) groups is 1. The number of anilines is 1. The monoisotopic (exact) mass is 442 g/mol. The fraction of sp³-hybridized carbons (Fsp3) is 0.522. The first-order valence-corrected chi connectivity index (χ1v) is 11.3. The van der Waals surface area contributed by atoms with E-state index in [1.807, 2.05) is 55.2 Å². The van der Waals surface area contributed by atoms with Crippen molar-refractivity contribution in [1.29, 1.82) is 0 Å². The number of carbonyl (C=O) groups excluding carboxylic acids is 1. The third-order valence-corrected chi connectivity index (χ3v) is 6.52. The summed E-state index contributed by atoms with van der Waals surface area (Å²) in [6, 6.07) is 7.18. The van der Waals surface area contributed by atoms with Gasteiger partial charge in [-0.1, -0.05) is 23.7 Å². The second kappa shape index (κ2) is 9.51. The standard InChI is InChI=1S/C23H31ClN6O/c1-25-22-18-10-13-30(14-19(18)27-21(28-22)16-8-11-26-12-9-16)23(31)20(29(2)3)15-4-6-17(24)7-5-15/h4-7,16,20,26H,8-14H2,1-3H3,(H,25,27,28). The number of hydrogen-bond acceptors (Lipinski definition) is 6. The van der Waals surface area contributed by atoms with Crippen LogP contribution in [0.25, 0.3) is 0 Å². The molecule has 0 radical (unpaired) electrons. The lowest BCUT2D eigenvalue weighted by Gasteiger charge is -2.34. The predicted octanol–water partition coefficient (Wildman–Crippen LogP) is 2.83. The topological polar surface area (TPSA) is 73.4 Å². The third kappa shape index (κ3) is 4.68. The van der Waals surface area contributed by atoms with Gasteiger partial charge in [-0.05, 0) is 64.1 Å². The Balaban J connectivity index is 1.60. The van der Waals surface area contributed by atoms with Gasteiger partial charge < -0.3 is 15.5 Å². The Bertz CT molecular complexity index is 926. The lowest BCUT2D eigenvalue weighted by atomic mass is 9.96. The van der Waals surface area contributed by atoms with Crippen LogP contribution in [-0.2, 0) is 17.8 Å². The van der Waals surface area contributed by atoms with E-state index < -0.39 is 0 Å². The van der Waals surface area contributed by atoms with Crippen LogP contribution in [0.4, 0.5) is 5.82 Å². The number of aromatic nitrogens is 2. The van der Waals surface area contributed by atoms with Crippen molar-refractivity contribution in [3.63, 3.8) is 0 Å². The number of amides is 1. The number of hydrogen-bond donors (Lipinski definition) is 2. The van der Waals surface area contributed by atoms with Crippen LogP contribution in [0.15, 0.2) is 24.3 Å². The van der Waals surface area contributed by atoms with Crippen molar-refractivity contribution in [2.45, 2.75) is 37.8 Å². The molecule has 31 heavy (non-hydrogen) atoms. The molecular formula is C23H31ClN6O. The van der Waals surface area contributed by atoms with Gasteiger partial charge in [-0.25, -0.2) is 9.97 Å². The van der Waals surface area contributed by atoms with Crippen LogP contribution in [-0.4, -0.2) is 66.5 Å². The molecule has 1 amide bonds. The maximum absolute atomic E-state index is 13.6. The number of rotatable bonds is 5. The van der Waals surface area contributed by atoms with Gasteiger partial charge in [0.15, 0.2) is 0 Å². The van der Waals surface area contributed by atoms with E-state index in [-0.39, 0.29) is 11.9 Å². The van der Waals surface area contributed by atoms with Gasteiger partial charge in [0.2, 0.25) is 5.91 Å². The van der Waals surface area contributed by atoms with E-state index in [4.69, 9.17) is 21.6 Å². The minimum atomic E-state index is -0.353. The number of halogens is 1. The van der Waals surface area contributed by atoms with Crippen molar-refractivity contribution in [1.82, 2.24) is 25.1 Å². The van der Waals surface area contributed by atoms with Gasteiger partial charge in [0, 0.05) is 30.1 Å². The van der Waals surface area contributed by atoms with Crippen molar-refractivity contribution in [3.8, 4) is 0 Å².